The summed E-state index contributed by atoms with van der Waals surface area (Å²) in [6.45, 7) is 1.37. The van der Waals surface area contributed by atoms with Crippen LogP contribution in [0.25, 0.3) is 0 Å². The van der Waals surface area contributed by atoms with Crippen LogP contribution >= 0.6 is 11.6 Å². The van der Waals surface area contributed by atoms with Gasteiger partial charge in [-0.2, -0.15) is 0 Å². The van der Waals surface area contributed by atoms with Crippen LogP contribution in [0.4, 0.5) is 5.69 Å². The van der Waals surface area contributed by atoms with Gasteiger partial charge in [0, 0.05) is 11.6 Å². The van der Waals surface area contributed by atoms with E-state index in [0.29, 0.717) is 30.5 Å². The molecule has 5 nitrogen and oxygen atoms in total. The molecule has 1 aliphatic heterocycles. The molecule has 2 rings (SSSR count). The topological polar surface area (TPSA) is 70.0 Å². The van der Waals surface area contributed by atoms with Crippen LogP contribution in [0, 0.1) is 0 Å². The minimum atomic E-state index is -1.03. The first-order valence-corrected chi connectivity index (χ1v) is 5.99. The van der Waals surface area contributed by atoms with Crippen molar-refractivity contribution in [2.45, 2.75) is 6.04 Å². The van der Waals surface area contributed by atoms with E-state index in [4.69, 9.17) is 16.3 Å². The fraction of sp³-hybridized carbons (Fsp3) is 0.417. The van der Waals surface area contributed by atoms with Crippen LogP contribution in [-0.2, 0) is 4.74 Å². The fourth-order valence-electron chi connectivity index (χ4n) is 2.05. The first-order valence-electron chi connectivity index (χ1n) is 5.61. The largest absolute Gasteiger partial charge is 0.478 e. The Balaban J connectivity index is 2.39. The third-order valence-corrected chi connectivity index (χ3v) is 3.17. The van der Waals surface area contributed by atoms with Crippen molar-refractivity contribution in [1.82, 2.24) is 0 Å². The number of nitrogens with zero attached hydrogens (tertiary/aromatic N) is 1. The van der Waals surface area contributed by atoms with E-state index in [2.05, 4.69) is 0 Å². The first-order chi connectivity index (χ1) is 8.63. The van der Waals surface area contributed by atoms with E-state index in [1.807, 2.05) is 4.90 Å². The third-order valence-electron chi connectivity index (χ3n) is 2.94. The van der Waals surface area contributed by atoms with E-state index in [-0.39, 0.29) is 18.2 Å². The minimum Gasteiger partial charge on any atom is -0.478 e. The molecule has 0 amide bonds. The van der Waals surface area contributed by atoms with Crippen molar-refractivity contribution in [3.63, 3.8) is 0 Å². The number of carboxylic acids is 1. The summed E-state index contributed by atoms with van der Waals surface area (Å²) >= 11 is 5.81. The van der Waals surface area contributed by atoms with Crippen LogP contribution in [0.3, 0.4) is 0 Å². The van der Waals surface area contributed by atoms with Crippen molar-refractivity contribution in [3.8, 4) is 0 Å². The molecule has 98 valence electrons. The summed E-state index contributed by atoms with van der Waals surface area (Å²) in [5.74, 6) is -1.03. The zero-order chi connectivity index (χ0) is 13.1. The third kappa shape index (κ3) is 2.58. The number of aliphatic hydroxyl groups excluding tert-OH is 1. The molecule has 2 N–H and O–H groups in total. The number of carboxylic acid groups (broad SMARTS) is 1. The number of morpholine rings is 1. The number of hydrogen-bond donors (Lipinski definition) is 2. The van der Waals surface area contributed by atoms with E-state index >= 15 is 0 Å². The van der Waals surface area contributed by atoms with E-state index in [9.17, 15) is 15.0 Å². The van der Waals surface area contributed by atoms with Gasteiger partial charge in [0.1, 0.15) is 0 Å². The van der Waals surface area contributed by atoms with Crippen LogP contribution in [0.2, 0.25) is 5.02 Å². The standard InChI is InChI=1S/C12H14ClNO4/c13-8-1-2-11(10(5-8)12(16)17)14-3-4-18-7-9(14)6-15/h1-2,5,9,15H,3-4,6-7H2,(H,16,17). The molecule has 18 heavy (non-hydrogen) atoms. The maximum absolute atomic E-state index is 11.2. The van der Waals surface area contributed by atoms with Crippen LogP contribution in [-0.4, -0.2) is 48.6 Å². The molecule has 1 unspecified atom stereocenters. The van der Waals surface area contributed by atoms with Gasteiger partial charge in [0.2, 0.25) is 0 Å². The molecule has 1 saturated heterocycles. The lowest BCUT2D eigenvalue weighted by Gasteiger charge is -2.37. The number of aromatic carboxylic acids is 1. The number of aliphatic hydroxyl groups is 1. The number of halogens is 1. The molecular weight excluding hydrogens is 258 g/mol. The normalized spacial score (nSPS) is 19.9. The summed E-state index contributed by atoms with van der Waals surface area (Å²) in [5, 5.41) is 18.9. The summed E-state index contributed by atoms with van der Waals surface area (Å²) < 4.78 is 5.27. The van der Waals surface area contributed by atoms with E-state index < -0.39 is 5.97 Å². The zero-order valence-corrected chi connectivity index (χ0v) is 10.4. The van der Waals surface area contributed by atoms with Crippen LogP contribution in [0.5, 0.6) is 0 Å². The molecule has 0 spiro atoms. The van der Waals surface area contributed by atoms with Crippen molar-refractivity contribution in [2.24, 2.45) is 0 Å². The number of ether oxygens (including phenoxy) is 1. The first kappa shape index (κ1) is 13.1. The smallest absolute Gasteiger partial charge is 0.337 e. The van der Waals surface area contributed by atoms with Gasteiger partial charge in [0.25, 0.3) is 0 Å². The summed E-state index contributed by atoms with van der Waals surface area (Å²) in [7, 11) is 0. The molecule has 1 aromatic rings. The van der Waals surface area contributed by atoms with E-state index in [1.165, 1.54) is 6.07 Å². The Hall–Kier alpha value is -1.30. The summed E-state index contributed by atoms with van der Waals surface area (Å²) in [6, 6.07) is 4.51. The predicted octanol–water partition coefficient (Wildman–Crippen LogP) is 1.24. The summed E-state index contributed by atoms with van der Waals surface area (Å²) in [6.07, 6.45) is 0. The van der Waals surface area contributed by atoms with Crippen LogP contribution in [0.15, 0.2) is 18.2 Å². The highest BCUT2D eigenvalue weighted by atomic mass is 35.5. The van der Waals surface area contributed by atoms with Crippen LogP contribution in [0.1, 0.15) is 10.4 Å². The fourth-order valence-corrected chi connectivity index (χ4v) is 2.23. The number of anilines is 1. The second kappa shape index (κ2) is 5.56. The number of carbonyl (C=O) groups is 1. The monoisotopic (exact) mass is 271 g/mol. The molecule has 0 saturated carbocycles. The molecule has 1 heterocycles. The molecule has 0 bridgehead atoms. The Morgan fingerprint density at radius 3 is 3.00 bits per heavy atom. The highest BCUT2D eigenvalue weighted by Gasteiger charge is 2.26. The van der Waals surface area contributed by atoms with E-state index in [0.717, 1.165) is 0 Å². The quantitative estimate of drug-likeness (QED) is 0.865. The van der Waals surface area contributed by atoms with Gasteiger partial charge in [0.05, 0.1) is 37.1 Å². The van der Waals surface area contributed by atoms with Crippen molar-refractivity contribution >= 4 is 23.3 Å². The Morgan fingerprint density at radius 2 is 2.33 bits per heavy atom. The molecule has 1 atom stereocenters. The molecule has 1 aliphatic rings. The Kier molecular flexibility index (Phi) is 4.06. The second-order valence-electron chi connectivity index (χ2n) is 4.07. The number of hydrogen-bond acceptors (Lipinski definition) is 4. The molecule has 0 aromatic heterocycles. The van der Waals surface area contributed by atoms with Gasteiger partial charge in [-0.3, -0.25) is 0 Å². The van der Waals surface area contributed by atoms with Gasteiger partial charge in [-0.1, -0.05) is 11.6 Å². The molecule has 1 aromatic carbocycles. The maximum Gasteiger partial charge on any atom is 0.337 e. The Labute approximate surface area is 110 Å². The predicted molar refractivity (Wildman–Crippen MR) is 67.5 cm³/mol. The summed E-state index contributed by atoms with van der Waals surface area (Å²) in [5.41, 5.74) is 0.706. The van der Waals surface area contributed by atoms with Crippen molar-refractivity contribution in [1.29, 1.82) is 0 Å². The molecule has 6 heteroatoms. The van der Waals surface area contributed by atoms with Gasteiger partial charge in [0.15, 0.2) is 0 Å². The van der Waals surface area contributed by atoms with Gasteiger partial charge in [-0.25, -0.2) is 4.79 Å². The highest BCUT2D eigenvalue weighted by Crippen LogP contribution is 2.27. The average Bonchev–Trinajstić information content (AvgIpc) is 2.38. The number of benzene rings is 1. The maximum atomic E-state index is 11.2. The van der Waals surface area contributed by atoms with Gasteiger partial charge in [-0.05, 0) is 18.2 Å². The van der Waals surface area contributed by atoms with Gasteiger partial charge in [-0.15, -0.1) is 0 Å². The van der Waals surface area contributed by atoms with Crippen LogP contribution < -0.4 is 4.90 Å². The second-order valence-corrected chi connectivity index (χ2v) is 4.51. The van der Waals surface area contributed by atoms with Crippen molar-refractivity contribution in [3.05, 3.63) is 28.8 Å². The van der Waals surface area contributed by atoms with E-state index in [1.54, 1.807) is 12.1 Å². The molecule has 1 fully saturated rings. The van der Waals surface area contributed by atoms with Crippen molar-refractivity contribution in [2.75, 3.05) is 31.3 Å². The Morgan fingerprint density at radius 1 is 1.56 bits per heavy atom. The molecule has 0 radical (unpaired) electrons. The lowest BCUT2D eigenvalue weighted by Crippen LogP contribution is -2.48. The summed E-state index contributed by atoms with van der Waals surface area (Å²) in [4.78, 5) is 13.1. The number of rotatable bonds is 3. The van der Waals surface area contributed by atoms with Gasteiger partial charge < -0.3 is 19.8 Å². The van der Waals surface area contributed by atoms with Crippen molar-refractivity contribution < 1.29 is 19.7 Å². The zero-order valence-electron chi connectivity index (χ0n) is 9.67. The lowest BCUT2D eigenvalue weighted by atomic mass is 10.1. The SMILES string of the molecule is O=C(O)c1cc(Cl)ccc1N1CCOCC1CO. The minimum absolute atomic E-state index is 0.0817. The molecule has 0 aliphatic carbocycles. The Bertz CT molecular complexity index is 452. The average molecular weight is 272 g/mol. The molecular formula is C12H14ClNO4. The van der Waals surface area contributed by atoms with Gasteiger partial charge >= 0.3 is 5.97 Å². The highest BCUT2D eigenvalue weighted by molar-refractivity contribution is 6.31. The lowest BCUT2D eigenvalue weighted by molar-refractivity contribution is 0.0677.